The van der Waals surface area contributed by atoms with Gasteiger partial charge in [0.1, 0.15) is 0 Å². The van der Waals surface area contributed by atoms with Crippen molar-refractivity contribution in [1.82, 2.24) is 15.0 Å². The van der Waals surface area contributed by atoms with Crippen molar-refractivity contribution in [2.24, 2.45) is 0 Å². The first-order valence-corrected chi connectivity index (χ1v) is 7.80. The van der Waals surface area contributed by atoms with Gasteiger partial charge in [-0.15, -0.1) is 0 Å². The van der Waals surface area contributed by atoms with Crippen LogP contribution in [-0.2, 0) is 0 Å². The Labute approximate surface area is 134 Å². The smallest absolute Gasteiger partial charge is 0.254 e. The molecule has 3 rings (SSSR count). The summed E-state index contributed by atoms with van der Waals surface area (Å²) in [5, 5.41) is 13.0. The lowest BCUT2D eigenvalue weighted by atomic mass is 10.1. The highest BCUT2D eigenvalue weighted by Gasteiger charge is 2.30. The van der Waals surface area contributed by atoms with Crippen LogP contribution in [0.3, 0.4) is 0 Å². The molecule has 0 aliphatic carbocycles. The fourth-order valence-corrected chi connectivity index (χ4v) is 2.96. The topological polar surface area (TPSA) is 83.0 Å². The number of carbonyl (C=O) groups excluding carboxylic acids is 1. The number of aryl methyl sites for hydroxylation is 1. The van der Waals surface area contributed by atoms with Crippen LogP contribution in [-0.4, -0.2) is 27.5 Å². The molecule has 0 N–H and O–H groups in total. The van der Waals surface area contributed by atoms with Crippen LogP contribution in [0.25, 0.3) is 0 Å². The van der Waals surface area contributed by atoms with Crippen LogP contribution in [0.15, 0.2) is 28.8 Å². The minimum atomic E-state index is -0.173. The van der Waals surface area contributed by atoms with Crippen LogP contribution >= 0.6 is 0 Å². The molecule has 1 fully saturated rings. The number of carbonyl (C=O) groups is 1. The first-order valence-electron chi connectivity index (χ1n) is 7.80. The Kier molecular flexibility index (Phi) is 4.38. The molecule has 1 saturated heterocycles. The van der Waals surface area contributed by atoms with E-state index in [1.54, 1.807) is 31.2 Å². The van der Waals surface area contributed by atoms with Gasteiger partial charge in [-0.05, 0) is 31.0 Å². The fraction of sp³-hybridized carbons (Fsp3) is 0.412. The zero-order valence-electron chi connectivity index (χ0n) is 13.0. The van der Waals surface area contributed by atoms with Crippen LogP contribution < -0.4 is 0 Å². The summed E-state index contributed by atoms with van der Waals surface area (Å²) >= 11 is 0. The highest BCUT2D eigenvalue weighted by atomic mass is 16.5. The molecule has 118 valence electrons. The van der Waals surface area contributed by atoms with Crippen LogP contribution in [0.5, 0.6) is 0 Å². The first kappa shape index (κ1) is 15.2. The third-order valence-corrected chi connectivity index (χ3v) is 4.09. The van der Waals surface area contributed by atoms with Gasteiger partial charge in [-0.1, -0.05) is 24.1 Å². The van der Waals surface area contributed by atoms with E-state index in [0.29, 0.717) is 29.4 Å². The van der Waals surface area contributed by atoms with E-state index in [1.807, 2.05) is 4.90 Å². The first-order chi connectivity index (χ1) is 11.2. The summed E-state index contributed by atoms with van der Waals surface area (Å²) in [6.07, 6.45) is 3.88. The molecular weight excluding hydrogens is 292 g/mol. The van der Waals surface area contributed by atoms with Crippen molar-refractivity contribution < 1.29 is 9.32 Å². The summed E-state index contributed by atoms with van der Waals surface area (Å²) in [5.41, 5.74) is 1.01. The second-order valence-electron chi connectivity index (χ2n) is 5.73. The molecule has 6 nitrogen and oxygen atoms in total. The predicted octanol–water partition coefficient (Wildman–Crippen LogP) is 3.01. The molecule has 0 bridgehead atoms. The maximum atomic E-state index is 12.9. The van der Waals surface area contributed by atoms with Gasteiger partial charge in [0, 0.05) is 19.0 Å². The highest BCUT2D eigenvalue weighted by Crippen LogP contribution is 2.29. The van der Waals surface area contributed by atoms with Crippen molar-refractivity contribution in [2.75, 3.05) is 6.54 Å². The van der Waals surface area contributed by atoms with Crippen molar-refractivity contribution >= 4 is 5.91 Å². The summed E-state index contributed by atoms with van der Waals surface area (Å²) in [7, 11) is 0. The Bertz CT molecular complexity index is 747. The number of nitriles is 1. The number of rotatable bonds is 2. The molecule has 1 aromatic carbocycles. The minimum Gasteiger partial charge on any atom is -0.340 e. The summed E-state index contributed by atoms with van der Waals surface area (Å²) in [6, 6.07) is 8.70. The van der Waals surface area contributed by atoms with E-state index in [9.17, 15) is 4.79 Å². The molecule has 0 saturated carbocycles. The molecule has 0 radical (unpaired) electrons. The van der Waals surface area contributed by atoms with Gasteiger partial charge in [0.05, 0.1) is 17.7 Å². The maximum Gasteiger partial charge on any atom is 0.254 e. The Morgan fingerprint density at radius 1 is 1.39 bits per heavy atom. The van der Waals surface area contributed by atoms with Gasteiger partial charge in [-0.2, -0.15) is 10.2 Å². The quantitative estimate of drug-likeness (QED) is 0.851. The van der Waals surface area contributed by atoms with Crippen molar-refractivity contribution in [3.63, 3.8) is 0 Å². The number of hydrogen-bond acceptors (Lipinski definition) is 5. The molecular formula is C17H18N4O2. The Hall–Kier alpha value is -2.68. The van der Waals surface area contributed by atoms with Gasteiger partial charge < -0.3 is 9.42 Å². The SMILES string of the molecule is Cc1nc([C@@H]2CCCCCN2C(=O)c2cccc(C#N)c2)no1. The predicted molar refractivity (Wildman–Crippen MR) is 82.4 cm³/mol. The molecule has 2 aromatic rings. The summed E-state index contributed by atoms with van der Waals surface area (Å²) < 4.78 is 5.09. The maximum absolute atomic E-state index is 12.9. The standard InChI is InChI=1S/C17H18N4O2/c1-12-19-16(20-23-12)15-8-3-2-4-9-21(15)17(22)14-7-5-6-13(10-14)11-18/h5-7,10,15H,2-4,8-9H2,1H3/t15-/m0/s1. The van der Waals surface area contributed by atoms with E-state index >= 15 is 0 Å². The van der Waals surface area contributed by atoms with Crippen molar-refractivity contribution in [2.45, 2.75) is 38.6 Å². The number of amides is 1. The normalized spacial score (nSPS) is 18.3. The Balaban J connectivity index is 1.92. The third-order valence-electron chi connectivity index (χ3n) is 4.09. The molecule has 0 unspecified atom stereocenters. The molecule has 1 aliphatic rings. The molecule has 1 amide bonds. The molecule has 0 spiro atoms. The van der Waals surface area contributed by atoms with Crippen LogP contribution in [0, 0.1) is 18.3 Å². The number of benzene rings is 1. The van der Waals surface area contributed by atoms with Gasteiger partial charge in [0.2, 0.25) is 5.89 Å². The number of likely N-dealkylation sites (tertiary alicyclic amines) is 1. The van der Waals surface area contributed by atoms with Gasteiger partial charge in [0.15, 0.2) is 5.82 Å². The average molecular weight is 310 g/mol. The molecule has 1 aliphatic heterocycles. The summed E-state index contributed by atoms with van der Waals surface area (Å²) in [5.74, 6) is 0.980. The van der Waals surface area contributed by atoms with E-state index in [-0.39, 0.29) is 11.9 Å². The lowest BCUT2D eigenvalue weighted by Gasteiger charge is -2.28. The van der Waals surface area contributed by atoms with E-state index in [0.717, 1.165) is 25.7 Å². The summed E-state index contributed by atoms with van der Waals surface area (Å²) in [4.78, 5) is 19.1. The monoisotopic (exact) mass is 310 g/mol. The van der Waals surface area contributed by atoms with Gasteiger partial charge in [0.25, 0.3) is 5.91 Å². The minimum absolute atomic E-state index is 0.0866. The van der Waals surface area contributed by atoms with E-state index < -0.39 is 0 Å². The van der Waals surface area contributed by atoms with Gasteiger partial charge >= 0.3 is 0 Å². The molecule has 1 aromatic heterocycles. The lowest BCUT2D eigenvalue weighted by molar-refractivity contribution is 0.0670. The van der Waals surface area contributed by atoms with E-state index in [1.165, 1.54) is 0 Å². The highest BCUT2D eigenvalue weighted by molar-refractivity contribution is 5.94. The van der Waals surface area contributed by atoms with Gasteiger partial charge in [-0.25, -0.2) is 0 Å². The molecule has 23 heavy (non-hydrogen) atoms. The summed E-state index contributed by atoms with van der Waals surface area (Å²) in [6.45, 7) is 2.41. The number of nitrogens with zero attached hydrogens (tertiary/aromatic N) is 4. The van der Waals surface area contributed by atoms with Crippen LogP contribution in [0.4, 0.5) is 0 Å². The largest absolute Gasteiger partial charge is 0.340 e. The van der Waals surface area contributed by atoms with E-state index in [4.69, 9.17) is 9.78 Å². The second-order valence-corrected chi connectivity index (χ2v) is 5.73. The zero-order chi connectivity index (χ0) is 16.2. The lowest BCUT2D eigenvalue weighted by Crippen LogP contribution is -2.35. The van der Waals surface area contributed by atoms with Crippen molar-refractivity contribution in [3.8, 4) is 6.07 Å². The molecule has 1 atom stereocenters. The van der Waals surface area contributed by atoms with Crippen molar-refractivity contribution in [1.29, 1.82) is 5.26 Å². The number of aromatic nitrogens is 2. The van der Waals surface area contributed by atoms with E-state index in [2.05, 4.69) is 16.2 Å². The second kappa shape index (κ2) is 6.61. The molecule has 2 heterocycles. The van der Waals surface area contributed by atoms with Gasteiger partial charge in [-0.3, -0.25) is 4.79 Å². The molecule has 6 heteroatoms. The average Bonchev–Trinajstić information content (AvgIpc) is 2.86. The van der Waals surface area contributed by atoms with Crippen LogP contribution in [0.1, 0.15) is 59.4 Å². The third kappa shape index (κ3) is 3.24. The zero-order valence-corrected chi connectivity index (χ0v) is 13.0. The van der Waals surface area contributed by atoms with Crippen molar-refractivity contribution in [3.05, 3.63) is 47.1 Å². The van der Waals surface area contributed by atoms with Crippen LogP contribution in [0.2, 0.25) is 0 Å². The Morgan fingerprint density at radius 2 is 2.26 bits per heavy atom. The fourth-order valence-electron chi connectivity index (χ4n) is 2.96. The number of hydrogen-bond donors (Lipinski definition) is 0. The Morgan fingerprint density at radius 3 is 3.00 bits per heavy atom.